The van der Waals surface area contributed by atoms with Gasteiger partial charge in [-0.25, -0.2) is 4.79 Å². The number of nitrogens with zero attached hydrogens (tertiary/aromatic N) is 2. The van der Waals surface area contributed by atoms with Crippen LogP contribution in [0.3, 0.4) is 0 Å². The number of hydrogen-bond donors (Lipinski definition) is 1. The van der Waals surface area contributed by atoms with Crippen LogP contribution in [0.15, 0.2) is 36.7 Å². The Morgan fingerprint density at radius 2 is 1.94 bits per heavy atom. The van der Waals surface area contributed by atoms with Crippen LogP contribution in [0.4, 0.5) is 0 Å². The number of aromatic carboxylic acids is 1. The van der Waals surface area contributed by atoms with E-state index < -0.39 is 5.97 Å². The largest absolute Gasteiger partial charge is 0.478 e. The molecule has 4 heteroatoms. The average Bonchev–Trinajstić information content (AvgIpc) is 3.56. The number of pyridine rings is 1. The van der Waals surface area contributed by atoms with E-state index in [0.717, 1.165) is 36.3 Å². The Kier molecular flexibility index (Phi) is 5.56. The maximum atomic E-state index is 11.9. The summed E-state index contributed by atoms with van der Waals surface area (Å²) in [7, 11) is 2.12. The number of carbonyl (C=O) groups is 1. The summed E-state index contributed by atoms with van der Waals surface area (Å²) >= 11 is 0. The monoisotopic (exact) mass is 416 g/mol. The molecule has 0 aliphatic heterocycles. The molecule has 2 aliphatic rings. The Hall–Kier alpha value is -2.62. The van der Waals surface area contributed by atoms with Crippen LogP contribution in [-0.4, -0.2) is 20.6 Å². The topological polar surface area (TPSA) is 55.1 Å². The smallest absolute Gasteiger partial charge is 0.337 e. The van der Waals surface area contributed by atoms with Gasteiger partial charge in [0, 0.05) is 31.2 Å². The number of hydrogen-bond acceptors (Lipinski definition) is 2. The summed E-state index contributed by atoms with van der Waals surface area (Å²) in [5, 5.41) is 11.0. The van der Waals surface area contributed by atoms with Crippen molar-refractivity contribution in [2.24, 2.45) is 13.0 Å². The Bertz CT molecular complexity index is 1100. The zero-order chi connectivity index (χ0) is 21.4. The summed E-state index contributed by atoms with van der Waals surface area (Å²) in [6.45, 7) is 0. The summed E-state index contributed by atoms with van der Waals surface area (Å²) in [6, 6.07) is 8.53. The maximum absolute atomic E-state index is 11.9. The molecule has 2 heterocycles. The van der Waals surface area contributed by atoms with Gasteiger partial charge in [0.2, 0.25) is 0 Å². The third-order valence-corrected chi connectivity index (χ3v) is 7.30. The second kappa shape index (κ2) is 8.49. The molecule has 2 fully saturated rings. The molecule has 0 saturated heterocycles. The summed E-state index contributed by atoms with van der Waals surface area (Å²) in [5.74, 6) is 0.484. The van der Waals surface area contributed by atoms with Crippen LogP contribution in [0.25, 0.3) is 10.9 Å². The van der Waals surface area contributed by atoms with Crippen LogP contribution in [0.2, 0.25) is 0 Å². The molecule has 0 bridgehead atoms. The molecule has 162 valence electrons. The lowest BCUT2D eigenvalue weighted by Gasteiger charge is -2.21. The Morgan fingerprint density at radius 1 is 1.13 bits per heavy atom. The molecule has 31 heavy (non-hydrogen) atoms. The minimum Gasteiger partial charge on any atom is -0.478 e. The number of aromatic nitrogens is 2. The quantitative estimate of drug-likeness (QED) is 0.495. The minimum atomic E-state index is -0.872. The number of aryl methyl sites for hydroxylation is 2. The van der Waals surface area contributed by atoms with Crippen molar-refractivity contribution in [2.75, 3.05) is 0 Å². The van der Waals surface area contributed by atoms with E-state index in [0.29, 0.717) is 23.6 Å². The first-order chi connectivity index (χ1) is 15.1. The molecule has 2 aliphatic carbocycles. The predicted molar refractivity (Wildman–Crippen MR) is 124 cm³/mol. The average molecular weight is 417 g/mol. The number of carboxylic acid groups (broad SMARTS) is 1. The number of rotatable bonds is 7. The molecule has 2 saturated carbocycles. The zero-order valence-electron chi connectivity index (χ0n) is 18.4. The highest BCUT2D eigenvalue weighted by molar-refractivity contribution is 5.89. The van der Waals surface area contributed by atoms with E-state index in [2.05, 4.69) is 41.0 Å². The fraction of sp³-hybridized carbons (Fsp3) is 0.481. The van der Waals surface area contributed by atoms with Crippen LogP contribution < -0.4 is 0 Å². The lowest BCUT2D eigenvalue weighted by atomic mass is 9.85. The highest BCUT2D eigenvalue weighted by atomic mass is 16.4. The normalized spacial score (nSPS) is 17.3. The van der Waals surface area contributed by atoms with Gasteiger partial charge < -0.3 is 9.67 Å². The van der Waals surface area contributed by atoms with E-state index in [-0.39, 0.29) is 0 Å². The summed E-state index contributed by atoms with van der Waals surface area (Å²) in [4.78, 5) is 16.5. The maximum Gasteiger partial charge on any atom is 0.337 e. The van der Waals surface area contributed by atoms with Crippen LogP contribution >= 0.6 is 0 Å². The fourth-order valence-electron chi connectivity index (χ4n) is 5.41. The van der Waals surface area contributed by atoms with Gasteiger partial charge in [-0.1, -0.05) is 38.2 Å². The van der Waals surface area contributed by atoms with Crippen molar-refractivity contribution in [1.29, 1.82) is 0 Å². The van der Waals surface area contributed by atoms with Crippen molar-refractivity contribution in [1.82, 2.24) is 9.55 Å². The molecule has 1 N–H and O–H groups in total. The Morgan fingerprint density at radius 3 is 2.68 bits per heavy atom. The van der Waals surface area contributed by atoms with Gasteiger partial charge in [-0.15, -0.1) is 0 Å². The predicted octanol–water partition coefficient (Wildman–Crippen LogP) is 6.25. The van der Waals surface area contributed by atoms with E-state index in [9.17, 15) is 9.90 Å². The van der Waals surface area contributed by atoms with Gasteiger partial charge in [-0.3, -0.25) is 4.98 Å². The minimum absolute atomic E-state index is 0.362. The first kappa shape index (κ1) is 20.3. The second-order valence-corrected chi connectivity index (χ2v) is 9.68. The highest BCUT2D eigenvalue weighted by Gasteiger charge is 2.26. The molecule has 0 unspecified atom stereocenters. The summed E-state index contributed by atoms with van der Waals surface area (Å²) in [6.07, 6.45) is 16.1. The molecule has 5 rings (SSSR count). The van der Waals surface area contributed by atoms with Crippen molar-refractivity contribution in [3.63, 3.8) is 0 Å². The molecular weight excluding hydrogens is 384 g/mol. The highest BCUT2D eigenvalue weighted by Crippen LogP contribution is 2.40. The number of carboxylic acids is 1. The van der Waals surface area contributed by atoms with Gasteiger partial charge in [0.25, 0.3) is 0 Å². The molecule has 2 aromatic heterocycles. The van der Waals surface area contributed by atoms with Crippen LogP contribution in [-0.2, 0) is 19.9 Å². The van der Waals surface area contributed by atoms with Crippen molar-refractivity contribution < 1.29 is 9.90 Å². The van der Waals surface area contributed by atoms with Crippen LogP contribution in [0.5, 0.6) is 0 Å². The molecule has 0 atom stereocenters. The van der Waals surface area contributed by atoms with Crippen molar-refractivity contribution in [3.8, 4) is 0 Å². The second-order valence-electron chi connectivity index (χ2n) is 9.68. The van der Waals surface area contributed by atoms with Crippen LogP contribution in [0.1, 0.15) is 90.0 Å². The van der Waals surface area contributed by atoms with E-state index in [1.165, 1.54) is 55.0 Å². The first-order valence-corrected chi connectivity index (χ1v) is 11.9. The number of benzene rings is 1. The van der Waals surface area contributed by atoms with Crippen molar-refractivity contribution in [3.05, 3.63) is 64.6 Å². The van der Waals surface area contributed by atoms with Gasteiger partial charge >= 0.3 is 5.97 Å². The molecular formula is C27H32N2O2. The molecule has 4 nitrogen and oxygen atoms in total. The summed E-state index contributed by atoms with van der Waals surface area (Å²) < 4.78 is 2.22. The van der Waals surface area contributed by atoms with Gasteiger partial charge in [0.15, 0.2) is 0 Å². The van der Waals surface area contributed by atoms with E-state index >= 15 is 0 Å². The van der Waals surface area contributed by atoms with E-state index in [1.807, 2.05) is 12.3 Å². The zero-order valence-corrected chi connectivity index (χ0v) is 18.4. The third kappa shape index (κ3) is 4.39. The first-order valence-electron chi connectivity index (χ1n) is 11.9. The molecule has 0 amide bonds. The van der Waals surface area contributed by atoms with Gasteiger partial charge in [0.1, 0.15) is 0 Å². The Balaban J connectivity index is 1.44. The third-order valence-electron chi connectivity index (χ3n) is 7.30. The lowest BCUT2D eigenvalue weighted by Crippen LogP contribution is -2.09. The lowest BCUT2D eigenvalue weighted by molar-refractivity contribution is 0.0695. The standard InChI is InChI=1S/C27H32N2O2/c1-29-12-11-22-14-19(13-21(26(22)29)8-7-18-5-3-2-4-6-18)15-25-24(27(30)31)16-23(17-28-25)20-9-10-20/h11-14,16-18,20H,2-10,15H2,1H3,(H,30,31). The molecule has 0 radical (unpaired) electrons. The van der Waals surface area contributed by atoms with E-state index in [1.54, 1.807) is 0 Å². The fourth-order valence-corrected chi connectivity index (χ4v) is 5.41. The van der Waals surface area contributed by atoms with Gasteiger partial charge in [-0.2, -0.15) is 0 Å². The van der Waals surface area contributed by atoms with Crippen LogP contribution in [0, 0.1) is 5.92 Å². The van der Waals surface area contributed by atoms with Gasteiger partial charge in [-0.05, 0) is 72.4 Å². The summed E-state index contributed by atoms with van der Waals surface area (Å²) in [5.41, 5.74) is 5.97. The Labute approximate surface area is 184 Å². The molecule has 3 aromatic rings. The van der Waals surface area contributed by atoms with E-state index in [4.69, 9.17) is 0 Å². The van der Waals surface area contributed by atoms with Gasteiger partial charge in [0.05, 0.1) is 16.8 Å². The van der Waals surface area contributed by atoms with Crippen molar-refractivity contribution in [2.45, 2.75) is 70.1 Å². The molecule has 1 aromatic carbocycles. The number of fused-ring (bicyclic) bond motifs is 1. The molecule has 0 spiro atoms. The SMILES string of the molecule is Cn1ccc2cc(Cc3ncc(C4CC4)cc3C(=O)O)cc(CCC3CCCCC3)c21. The van der Waals surface area contributed by atoms with Crippen molar-refractivity contribution >= 4 is 16.9 Å².